The van der Waals surface area contributed by atoms with Crippen LogP contribution in [0.2, 0.25) is 0 Å². The Balaban J connectivity index is 0.000000532. The number of halogens is 3. The van der Waals surface area contributed by atoms with Crippen LogP contribution in [0, 0.1) is 0 Å². The molecule has 0 fully saturated rings. The Labute approximate surface area is 224 Å². The number of nitrogens with zero attached hydrogens (tertiary/aromatic N) is 1. The van der Waals surface area contributed by atoms with Gasteiger partial charge in [0.05, 0.1) is 0 Å². The highest BCUT2D eigenvalue weighted by molar-refractivity contribution is 6.10. The van der Waals surface area contributed by atoms with Gasteiger partial charge in [0, 0.05) is 23.5 Å². The summed E-state index contributed by atoms with van der Waals surface area (Å²) in [5, 5.41) is 10.1. The summed E-state index contributed by atoms with van der Waals surface area (Å²) in [6.07, 6.45) is -1.62. The minimum atomic E-state index is -5.08. The first-order valence-electron chi connectivity index (χ1n) is 12.4. The lowest BCUT2D eigenvalue weighted by Crippen LogP contribution is -2.38. The number of aliphatic carboxylic acids is 1. The van der Waals surface area contributed by atoms with Crippen molar-refractivity contribution < 1.29 is 32.7 Å². The summed E-state index contributed by atoms with van der Waals surface area (Å²) in [5.41, 5.74) is 11.2. The lowest BCUT2D eigenvalue weighted by atomic mass is 9.84. The molecule has 39 heavy (non-hydrogen) atoms. The normalized spacial score (nSPS) is 14.3. The van der Waals surface area contributed by atoms with E-state index in [0.717, 1.165) is 17.7 Å². The SMILES string of the molecule is C[C@@H]1CCCc2ccc(NC(=O)CN(C(=O)c3cccc(CN)c3)c3ccccc3)cc21.O=C(O)C(F)(F)F. The molecule has 4 N–H and O–H groups in total. The maximum Gasteiger partial charge on any atom is 0.490 e. The second kappa shape index (κ2) is 13.1. The van der Waals surface area contributed by atoms with Crippen LogP contribution >= 0.6 is 0 Å². The van der Waals surface area contributed by atoms with Gasteiger partial charge in [-0.05, 0) is 78.3 Å². The minimum Gasteiger partial charge on any atom is -0.475 e. The van der Waals surface area contributed by atoms with E-state index in [1.807, 2.05) is 48.5 Å². The summed E-state index contributed by atoms with van der Waals surface area (Å²) in [6.45, 7) is 2.50. The van der Waals surface area contributed by atoms with E-state index in [9.17, 15) is 22.8 Å². The van der Waals surface area contributed by atoms with Gasteiger partial charge in [-0.1, -0.05) is 43.3 Å². The molecule has 0 spiro atoms. The van der Waals surface area contributed by atoms with Crippen molar-refractivity contribution in [3.8, 4) is 0 Å². The van der Waals surface area contributed by atoms with Crippen molar-refractivity contribution in [1.82, 2.24) is 0 Å². The number of nitrogens with two attached hydrogens (primary N) is 1. The number of carbonyl (C=O) groups is 3. The minimum absolute atomic E-state index is 0.0810. The summed E-state index contributed by atoms with van der Waals surface area (Å²) in [7, 11) is 0. The summed E-state index contributed by atoms with van der Waals surface area (Å²) >= 11 is 0. The molecule has 0 heterocycles. The standard InChI is InChI=1S/C27H29N3O2.C2HF3O2/c1-19-7-5-9-21-13-14-23(16-25(19)21)29-26(31)18-30(24-11-3-2-4-12-24)27(32)22-10-6-8-20(15-22)17-28;3-2(4,5)1(6)7/h2-4,6,8,10-16,19H,5,7,9,17-18,28H2,1H3,(H,29,31);(H,6,7)/t19-;/m1./s1. The maximum absolute atomic E-state index is 13.3. The Morgan fingerprint density at radius 2 is 1.72 bits per heavy atom. The summed E-state index contributed by atoms with van der Waals surface area (Å²) in [4.78, 5) is 36.7. The molecule has 0 unspecified atom stereocenters. The van der Waals surface area contributed by atoms with Crippen LogP contribution in [-0.4, -0.2) is 35.6 Å². The number of para-hydroxylation sites is 1. The van der Waals surface area contributed by atoms with Crippen molar-refractivity contribution in [2.75, 3.05) is 16.8 Å². The van der Waals surface area contributed by atoms with E-state index in [1.165, 1.54) is 28.9 Å². The highest BCUT2D eigenvalue weighted by atomic mass is 19.4. The number of hydrogen-bond acceptors (Lipinski definition) is 4. The maximum atomic E-state index is 13.3. The molecule has 0 aromatic heterocycles. The van der Waals surface area contributed by atoms with Crippen LogP contribution in [0.5, 0.6) is 0 Å². The van der Waals surface area contributed by atoms with Gasteiger partial charge in [-0.25, -0.2) is 4.79 Å². The number of amides is 2. The first kappa shape index (κ1) is 29.4. The number of benzene rings is 3. The van der Waals surface area contributed by atoms with Gasteiger partial charge in [-0.3, -0.25) is 14.5 Å². The van der Waals surface area contributed by atoms with Crippen LogP contribution in [-0.2, 0) is 22.6 Å². The Morgan fingerprint density at radius 3 is 2.36 bits per heavy atom. The van der Waals surface area contributed by atoms with Gasteiger partial charge in [-0.15, -0.1) is 0 Å². The molecule has 0 saturated carbocycles. The molecule has 206 valence electrons. The second-order valence-corrected chi connectivity index (χ2v) is 9.19. The van der Waals surface area contributed by atoms with Gasteiger partial charge in [0.1, 0.15) is 6.54 Å². The van der Waals surface area contributed by atoms with Gasteiger partial charge < -0.3 is 16.2 Å². The van der Waals surface area contributed by atoms with E-state index in [2.05, 4.69) is 24.4 Å². The number of carboxylic acid groups (broad SMARTS) is 1. The number of alkyl halides is 3. The third-order valence-corrected chi connectivity index (χ3v) is 6.31. The van der Waals surface area contributed by atoms with Gasteiger partial charge in [-0.2, -0.15) is 13.2 Å². The molecule has 1 aliphatic carbocycles. The quantitative estimate of drug-likeness (QED) is 0.381. The first-order chi connectivity index (χ1) is 18.5. The smallest absolute Gasteiger partial charge is 0.475 e. The van der Waals surface area contributed by atoms with Crippen molar-refractivity contribution in [2.45, 2.75) is 44.8 Å². The van der Waals surface area contributed by atoms with Crippen molar-refractivity contribution >= 4 is 29.2 Å². The fourth-order valence-electron chi connectivity index (χ4n) is 4.33. The Kier molecular flexibility index (Phi) is 9.84. The number of hydrogen-bond donors (Lipinski definition) is 3. The second-order valence-electron chi connectivity index (χ2n) is 9.19. The number of carbonyl (C=O) groups excluding carboxylic acids is 2. The van der Waals surface area contributed by atoms with Gasteiger partial charge >= 0.3 is 12.1 Å². The van der Waals surface area contributed by atoms with Crippen molar-refractivity contribution in [1.29, 1.82) is 0 Å². The largest absolute Gasteiger partial charge is 0.490 e. The van der Waals surface area contributed by atoms with E-state index >= 15 is 0 Å². The molecule has 3 aromatic carbocycles. The molecule has 7 nitrogen and oxygen atoms in total. The van der Waals surface area contributed by atoms with E-state index in [-0.39, 0.29) is 18.4 Å². The average molecular weight is 542 g/mol. The molecular formula is C29H30F3N3O4. The lowest BCUT2D eigenvalue weighted by molar-refractivity contribution is -0.192. The van der Waals surface area contributed by atoms with Gasteiger partial charge in [0.25, 0.3) is 5.91 Å². The van der Waals surface area contributed by atoms with Crippen LogP contribution in [0.1, 0.15) is 52.7 Å². The van der Waals surface area contributed by atoms with E-state index in [4.69, 9.17) is 15.6 Å². The zero-order chi connectivity index (χ0) is 28.6. The van der Waals surface area contributed by atoms with Crippen molar-refractivity contribution in [3.05, 3.63) is 95.1 Å². The molecule has 0 aliphatic heterocycles. The molecule has 2 amide bonds. The number of aryl methyl sites for hydroxylation is 1. The van der Waals surface area contributed by atoms with E-state index in [0.29, 0.717) is 23.7 Å². The predicted molar refractivity (Wildman–Crippen MR) is 143 cm³/mol. The zero-order valence-corrected chi connectivity index (χ0v) is 21.4. The zero-order valence-electron chi connectivity index (χ0n) is 21.4. The van der Waals surface area contributed by atoms with E-state index < -0.39 is 12.1 Å². The number of nitrogens with one attached hydrogen (secondary N) is 1. The fourth-order valence-corrected chi connectivity index (χ4v) is 4.33. The number of rotatable bonds is 6. The van der Waals surface area contributed by atoms with Crippen molar-refractivity contribution in [2.24, 2.45) is 5.73 Å². The predicted octanol–water partition coefficient (Wildman–Crippen LogP) is 5.50. The van der Waals surface area contributed by atoms with Crippen LogP contribution < -0.4 is 16.0 Å². The lowest BCUT2D eigenvalue weighted by Gasteiger charge is -2.24. The summed E-state index contributed by atoms with van der Waals surface area (Å²) < 4.78 is 31.7. The van der Waals surface area contributed by atoms with Crippen LogP contribution in [0.15, 0.2) is 72.8 Å². The number of anilines is 2. The molecule has 10 heteroatoms. The highest BCUT2D eigenvalue weighted by Crippen LogP contribution is 2.33. The third kappa shape index (κ3) is 8.15. The number of fused-ring (bicyclic) bond motifs is 1. The van der Waals surface area contributed by atoms with Gasteiger partial charge in [0.15, 0.2) is 0 Å². The third-order valence-electron chi connectivity index (χ3n) is 6.31. The highest BCUT2D eigenvalue weighted by Gasteiger charge is 2.38. The monoisotopic (exact) mass is 541 g/mol. The van der Waals surface area contributed by atoms with Gasteiger partial charge in [0.2, 0.25) is 5.91 Å². The molecule has 1 atom stereocenters. The van der Waals surface area contributed by atoms with Crippen LogP contribution in [0.4, 0.5) is 24.5 Å². The number of carboxylic acids is 1. The summed E-state index contributed by atoms with van der Waals surface area (Å²) in [6, 6.07) is 22.6. The van der Waals surface area contributed by atoms with Crippen LogP contribution in [0.3, 0.4) is 0 Å². The Hall–Kier alpha value is -4.18. The van der Waals surface area contributed by atoms with E-state index in [1.54, 1.807) is 12.1 Å². The topological polar surface area (TPSA) is 113 Å². The van der Waals surface area contributed by atoms with Crippen LogP contribution in [0.25, 0.3) is 0 Å². The molecule has 0 saturated heterocycles. The Morgan fingerprint density at radius 1 is 1.03 bits per heavy atom. The molecule has 1 aliphatic rings. The summed E-state index contributed by atoms with van der Waals surface area (Å²) in [5.74, 6) is -2.73. The fraction of sp³-hybridized carbons (Fsp3) is 0.276. The molecule has 4 rings (SSSR count). The molecule has 3 aromatic rings. The first-order valence-corrected chi connectivity index (χ1v) is 12.4. The average Bonchev–Trinajstić information content (AvgIpc) is 2.92. The molecule has 0 bridgehead atoms. The van der Waals surface area contributed by atoms with Crippen molar-refractivity contribution in [3.63, 3.8) is 0 Å². The Bertz CT molecular complexity index is 1310. The molecule has 0 radical (unpaired) electrons. The molecular weight excluding hydrogens is 511 g/mol.